The van der Waals surface area contributed by atoms with Crippen LogP contribution in [0.15, 0.2) is 35.2 Å². The van der Waals surface area contributed by atoms with Gasteiger partial charge >= 0.3 is 0 Å². The molecule has 0 heterocycles. The second kappa shape index (κ2) is 5.52. The summed E-state index contributed by atoms with van der Waals surface area (Å²) in [5.41, 5.74) is 5.01. The van der Waals surface area contributed by atoms with Gasteiger partial charge in [-0.25, -0.2) is 17.6 Å². The van der Waals surface area contributed by atoms with Crippen molar-refractivity contribution in [2.45, 2.75) is 10.6 Å². The highest BCUT2D eigenvalue weighted by Gasteiger charge is 2.14. The van der Waals surface area contributed by atoms with Crippen LogP contribution in [0.5, 0.6) is 0 Å². The zero-order valence-electron chi connectivity index (χ0n) is 9.59. The highest BCUT2D eigenvalue weighted by Crippen LogP contribution is 2.31. The van der Waals surface area contributed by atoms with E-state index in [0.29, 0.717) is 11.8 Å². The molecule has 2 aromatic rings. The fraction of sp³-hybridized carbons (Fsp3) is 0.0769. The average Bonchev–Trinajstić information content (AvgIpc) is 2.31. The molecule has 6 heteroatoms. The molecule has 0 aromatic heterocycles. The Balaban J connectivity index is 2.24. The van der Waals surface area contributed by atoms with Crippen molar-refractivity contribution in [1.29, 1.82) is 0 Å². The van der Waals surface area contributed by atoms with Crippen LogP contribution in [0.1, 0.15) is 5.56 Å². The average molecular weight is 287 g/mol. The van der Waals surface area contributed by atoms with Gasteiger partial charge in [0.2, 0.25) is 0 Å². The molecule has 19 heavy (non-hydrogen) atoms. The quantitative estimate of drug-likeness (QED) is 0.522. The summed E-state index contributed by atoms with van der Waals surface area (Å²) in [7, 11) is 0. The first kappa shape index (κ1) is 13.7. The van der Waals surface area contributed by atoms with Crippen LogP contribution in [0, 0.1) is 23.3 Å². The van der Waals surface area contributed by atoms with Gasteiger partial charge in [0.15, 0.2) is 0 Å². The topological polar surface area (TPSA) is 26.0 Å². The van der Waals surface area contributed by atoms with E-state index >= 15 is 0 Å². The lowest BCUT2D eigenvalue weighted by Gasteiger charge is -2.07. The lowest BCUT2D eigenvalue weighted by Crippen LogP contribution is -1.96. The smallest absolute Gasteiger partial charge is 0.141 e. The summed E-state index contributed by atoms with van der Waals surface area (Å²) in [4.78, 5) is -0.308. The number of thioether (sulfide) groups is 1. The van der Waals surface area contributed by atoms with E-state index in [1.54, 1.807) is 0 Å². The van der Waals surface area contributed by atoms with E-state index in [-0.39, 0.29) is 21.9 Å². The fourth-order valence-electron chi connectivity index (χ4n) is 1.53. The standard InChI is InChI=1S/C13H9F4NS/c14-9-2-1-3-10(15)8(9)6-19-13-11(16)4-7(18)5-12(13)17/h1-5H,6,18H2. The Bertz CT molecular complexity index is 572. The minimum absolute atomic E-state index is 0.0450. The highest BCUT2D eigenvalue weighted by molar-refractivity contribution is 7.98. The van der Waals surface area contributed by atoms with Gasteiger partial charge in [0.05, 0.1) is 4.90 Å². The van der Waals surface area contributed by atoms with Crippen LogP contribution in [0.3, 0.4) is 0 Å². The molecule has 0 saturated heterocycles. The lowest BCUT2D eigenvalue weighted by atomic mass is 10.2. The molecule has 0 spiro atoms. The molecule has 0 atom stereocenters. The number of hydrogen-bond donors (Lipinski definition) is 1. The largest absolute Gasteiger partial charge is 0.399 e. The summed E-state index contributed by atoms with van der Waals surface area (Å²) in [6.07, 6.45) is 0. The molecule has 0 amide bonds. The molecule has 0 bridgehead atoms. The molecule has 2 N–H and O–H groups in total. The third kappa shape index (κ3) is 3.01. The van der Waals surface area contributed by atoms with Crippen molar-refractivity contribution in [3.63, 3.8) is 0 Å². The maximum absolute atomic E-state index is 13.5. The van der Waals surface area contributed by atoms with Crippen molar-refractivity contribution in [1.82, 2.24) is 0 Å². The highest BCUT2D eigenvalue weighted by atomic mass is 32.2. The second-order valence-corrected chi connectivity index (χ2v) is 4.79. The number of anilines is 1. The summed E-state index contributed by atoms with van der Waals surface area (Å²) >= 11 is 0.678. The van der Waals surface area contributed by atoms with E-state index in [4.69, 9.17) is 5.73 Å². The van der Waals surface area contributed by atoms with Gasteiger partial charge in [0.1, 0.15) is 23.3 Å². The second-order valence-electron chi connectivity index (χ2n) is 3.80. The molecule has 0 unspecified atom stereocenters. The first-order chi connectivity index (χ1) is 8.99. The molecule has 1 nitrogen and oxygen atoms in total. The Hall–Kier alpha value is -1.69. The van der Waals surface area contributed by atoms with Gasteiger partial charge in [0, 0.05) is 17.0 Å². The summed E-state index contributed by atoms with van der Waals surface area (Å²) in [6, 6.07) is 5.33. The van der Waals surface area contributed by atoms with Crippen LogP contribution >= 0.6 is 11.8 Å². The van der Waals surface area contributed by atoms with Crippen LogP contribution in [-0.2, 0) is 5.75 Å². The fourth-order valence-corrected chi connectivity index (χ4v) is 2.49. The SMILES string of the molecule is Nc1cc(F)c(SCc2c(F)cccc2F)c(F)c1. The Labute approximate surface area is 111 Å². The number of rotatable bonds is 3. The number of halogens is 4. The lowest BCUT2D eigenvalue weighted by molar-refractivity contribution is 0.540. The third-order valence-electron chi connectivity index (χ3n) is 2.44. The minimum Gasteiger partial charge on any atom is -0.399 e. The minimum atomic E-state index is -0.848. The van der Waals surface area contributed by atoms with E-state index in [2.05, 4.69) is 0 Å². The first-order valence-electron chi connectivity index (χ1n) is 5.29. The Morgan fingerprint density at radius 1 is 0.895 bits per heavy atom. The van der Waals surface area contributed by atoms with Crippen molar-refractivity contribution in [3.8, 4) is 0 Å². The monoisotopic (exact) mass is 287 g/mol. The van der Waals surface area contributed by atoms with Crippen LogP contribution in [-0.4, -0.2) is 0 Å². The molecular formula is C13H9F4NS. The predicted molar refractivity (Wildman–Crippen MR) is 66.7 cm³/mol. The van der Waals surface area contributed by atoms with Crippen LogP contribution in [0.25, 0.3) is 0 Å². The van der Waals surface area contributed by atoms with Gasteiger partial charge < -0.3 is 5.73 Å². The number of hydrogen-bond acceptors (Lipinski definition) is 2. The molecule has 0 radical (unpaired) electrons. The number of nitrogen functional groups attached to an aromatic ring is 1. The van der Waals surface area contributed by atoms with Crippen molar-refractivity contribution < 1.29 is 17.6 Å². The molecule has 0 aliphatic rings. The maximum atomic E-state index is 13.5. The zero-order chi connectivity index (χ0) is 14.0. The van der Waals surface area contributed by atoms with Crippen LogP contribution in [0.2, 0.25) is 0 Å². The molecule has 0 aliphatic heterocycles. The van der Waals surface area contributed by atoms with Gasteiger partial charge in [-0.1, -0.05) is 6.07 Å². The molecule has 2 rings (SSSR count). The van der Waals surface area contributed by atoms with E-state index in [9.17, 15) is 17.6 Å². The van der Waals surface area contributed by atoms with E-state index in [0.717, 1.165) is 24.3 Å². The van der Waals surface area contributed by atoms with Crippen LogP contribution < -0.4 is 5.73 Å². The Morgan fingerprint density at radius 2 is 1.42 bits per heavy atom. The maximum Gasteiger partial charge on any atom is 0.141 e. The molecule has 2 aromatic carbocycles. The van der Waals surface area contributed by atoms with Gasteiger partial charge in [-0.2, -0.15) is 0 Å². The van der Waals surface area contributed by atoms with Gasteiger partial charge in [-0.3, -0.25) is 0 Å². The Morgan fingerprint density at radius 3 is 1.95 bits per heavy atom. The first-order valence-corrected chi connectivity index (χ1v) is 6.28. The third-order valence-corrected chi connectivity index (χ3v) is 3.55. The summed E-state index contributed by atoms with van der Waals surface area (Å²) in [5.74, 6) is -3.40. The van der Waals surface area contributed by atoms with Gasteiger partial charge in [0.25, 0.3) is 0 Å². The summed E-state index contributed by atoms with van der Waals surface area (Å²) in [5, 5.41) is 0. The number of nitrogens with two attached hydrogens (primary N) is 1. The van der Waals surface area contributed by atoms with Crippen molar-refractivity contribution in [2.24, 2.45) is 0 Å². The predicted octanol–water partition coefficient (Wildman–Crippen LogP) is 4.12. The van der Waals surface area contributed by atoms with Crippen LogP contribution in [0.4, 0.5) is 23.2 Å². The molecule has 0 fully saturated rings. The summed E-state index contributed by atoms with van der Waals surface area (Å²) in [6.45, 7) is 0. The normalized spacial score (nSPS) is 10.7. The molecule has 0 saturated carbocycles. The van der Waals surface area contributed by atoms with Gasteiger partial charge in [-0.05, 0) is 24.3 Å². The van der Waals surface area contributed by atoms with Crippen molar-refractivity contribution in [3.05, 3.63) is 59.2 Å². The van der Waals surface area contributed by atoms with Gasteiger partial charge in [-0.15, -0.1) is 11.8 Å². The molecular weight excluding hydrogens is 278 g/mol. The van der Waals surface area contributed by atoms with E-state index in [1.807, 2.05) is 0 Å². The van der Waals surface area contributed by atoms with E-state index < -0.39 is 23.3 Å². The van der Waals surface area contributed by atoms with Crippen molar-refractivity contribution in [2.75, 3.05) is 5.73 Å². The Kier molecular flexibility index (Phi) is 3.99. The van der Waals surface area contributed by atoms with Crippen molar-refractivity contribution >= 4 is 17.4 Å². The number of benzene rings is 2. The molecule has 100 valence electrons. The van der Waals surface area contributed by atoms with E-state index in [1.165, 1.54) is 6.07 Å². The molecule has 0 aliphatic carbocycles. The zero-order valence-corrected chi connectivity index (χ0v) is 10.4. The summed E-state index contributed by atoms with van der Waals surface area (Å²) < 4.78 is 53.7.